The molecule has 1 saturated heterocycles. The summed E-state index contributed by atoms with van der Waals surface area (Å²) < 4.78 is 10.8. The van der Waals surface area contributed by atoms with Gasteiger partial charge in [0.15, 0.2) is 11.5 Å². The lowest BCUT2D eigenvalue weighted by Crippen LogP contribution is -2.48. The topological polar surface area (TPSA) is 82.5 Å². The molecule has 0 aliphatic carbocycles. The molecule has 8 heteroatoms. The standard InChI is InChI=1S/C25H29N3O5/c1-17-4-7-19(8-5-17)28-24(30)22(18-6-9-20(32-2)21(16-18)33-3)23(25(28)31)27-12-10-26(11-13-27)14-15-29/h4-9,16,29H,10-15H2,1-3H3. The van der Waals surface area contributed by atoms with E-state index in [4.69, 9.17) is 9.47 Å². The monoisotopic (exact) mass is 451 g/mol. The number of nitrogens with zero attached hydrogens (tertiary/aromatic N) is 3. The molecule has 0 radical (unpaired) electrons. The smallest absolute Gasteiger partial charge is 0.282 e. The molecule has 2 aliphatic rings. The van der Waals surface area contributed by atoms with Gasteiger partial charge in [0.25, 0.3) is 11.8 Å². The summed E-state index contributed by atoms with van der Waals surface area (Å²) in [7, 11) is 3.09. The van der Waals surface area contributed by atoms with Crippen LogP contribution in [0.3, 0.4) is 0 Å². The van der Waals surface area contributed by atoms with E-state index in [1.807, 2.05) is 24.0 Å². The van der Waals surface area contributed by atoms with E-state index in [1.165, 1.54) is 12.0 Å². The molecule has 0 aromatic heterocycles. The summed E-state index contributed by atoms with van der Waals surface area (Å²) in [6.07, 6.45) is 0. The summed E-state index contributed by atoms with van der Waals surface area (Å²) in [5, 5.41) is 9.24. The van der Waals surface area contributed by atoms with Gasteiger partial charge in [0.2, 0.25) is 0 Å². The van der Waals surface area contributed by atoms with Gasteiger partial charge in [-0.1, -0.05) is 23.8 Å². The van der Waals surface area contributed by atoms with Crippen molar-refractivity contribution in [2.45, 2.75) is 6.92 Å². The van der Waals surface area contributed by atoms with E-state index in [1.54, 1.807) is 37.4 Å². The minimum atomic E-state index is -0.358. The lowest BCUT2D eigenvalue weighted by atomic mass is 10.0. The van der Waals surface area contributed by atoms with E-state index in [-0.39, 0.29) is 18.4 Å². The predicted octanol–water partition coefficient (Wildman–Crippen LogP) is 1.91. The first-order valence-electron chi connectivity index (χ1n) is 11.0. The van der Waals surface area contributed by atoms with Gasteiger partial charge in [-0.3, -0.25) is 14.5 Å². The normalized spacial score (nSPS) is 17.2. The first kappa shape index (κ1) is 22.8. The number of ether oxygens (including phenoxy) is 2. The second-order valence-corrected chi connectivity index (χ2v) is 8.13. The molecule has 2 aliphatic heterocycles. The number of aliphatic hydroxyl groups is 1. The molecule has 0 bridgehead atoms. The van der Waals surface area contributed by atoms with E-state index in [0.717, 1.165) is 5.56 Å². The van der Waals surface area contributed by atoms with Gasteiger partial charge in [0.05, 0.1) is 32.1 Å². The fourth-order valence-electron chi connectivity index (χ4n) is 4.33. The van der Waals surface area contributed by atoms with Crippen molar-refractivity contribution in [3.8, 4) is 11.5 Å². The highest BCUT2D eigenvalue weighted by Gasteiger charge is 2.43. The van der Waals surface area contributed by atoms with Gasteiger partial charge in [0.1, 0.15) is 5.70 Å². The van der Waals surface area contributed by atoms with E-state index < -0.39 is 0 Å². The van der Waals surface area contributed by atoms with Crippen molar-refractivity contribution < 1.29 is 24.2 Å². The number of carbonyl (C=O) groups excluding carboxylic acids is 2. The van der Waals surface area contributed by atoms with E-state index in [2.05, 4.69) is 4.90 Å². The molecule has 33 heavy (non-hydrogen) atoms. The molecule has 1 N–H and O–H groups in total. The van der Waals surface area contributed by atoms with Crippen LogP contribution in [0.5, 0.6) is 11.5 Å². The van der Waals surface area contributed by atoms with Crippen molar-refractivity contribution in [1.82, 2.24) is 9.80 Å². The Kier molecular flexibility index (Phi) is 6.67. The highest BCUT2D eigenvalue weighted by Crippen LogP contribution is 2.38. The number of aryl methyl sites for hydroxylation is 1. The molecular weight excluding hydrogens is 422 g/mol. The van der Waals surface area contributed by atoms with Crippen LogP contribution in [0, 0.1) is 6.92 Å². The molecule has 0 saturated carbocycles. The third kappa shape index (κ3) is 4.31. The SMILES string of the molecule is COc1ccc(C2=C(N3CCN(CCO)CC3)C(=O)N(c3ccc(C)cc3)C2=O)cc1OC. The average molecular weight is 452 g/mol. The fourth-order valence-corrected chi connectivity index (χ4v) is 4.33. The summed E-state index contributed by atoms with van der Waals surface area (Å²) in [6, 6.07) is 12.6. The number of imide groups is 1. The summed E-state index contributed by atoms with van der Waals surface area (Å²) in [6.45, 7) is 5.24. The Hall–Kier alpha value is -3.36. The lowest BCUT2D eigenvalue weighted by molar-refractivity contribution is -0.120. The first-order valence-corrected chi connectivity index (χ1v) is 11.0. The van der Waals surface area contributed by atoms with Crippen molar-refractivity contribution >= 4 is 23.1 Å². The van der Waals surface area contributed by atoms with Gasteiger partial charge in [-0.25, -0.2) is 4.90 Å². The maximum atomic E-state index is 13.7. The van der Waals surface area contributed by atoms with E-state index in [0.29, 0.717) is 66.7 Å². The van der Waals surface area contributed by atoms with Crippen molar-refractivity contribution in [2.75, 3.05) is 58.5 Å². The van der Waals surface area contributed by atoms with Gasteiger partial charge in [-0.2, -0.15) is 0 Å². The summed E-state index contributed by atoms with van der Waals surface area (Å²) in [4.78, 5) is 32.7. The number of aliphatic hydroxyl groups excluding tert-OH is 1. The quantitative estimate of drug-likeness (QED) is 0.644. The van der Waals surface area contributed by atoms with Gasteiger partial charge in [0, 0.05) is 32.7 Å². The van der Waals surface area contributed by atoms with Gasteiger partial charge in [-0.05, 0) is 36.8 Å². The second kappa shape index (κ2) is 9.64. The first-order chi connectivity index (χ1) is 16.0. The number of rotatable bonds is 7. The number of hydrogen-bond acceptors (Lipinski definition) is 7. The number of carbonyl (C=O) groups is 2. The Morgan fingerprint density at radius 1 is 0.879 bits per heavy atom. The molecular formula is C25H29N3O5. The Morgan fingerprint density at radius 2 is 1.55 bits per heavy atom. The van der Waals surface area contributed by atoms with Gasteiger partial charge < -0.3 is 19.5 Å². The van der Waals surface area contributed by atoms with Crippen LogP contribution >= 0.6 is 0 Å². The second-order valence-electron chi connectivity index (χ2n) is 8.13. The zero-order valence-electron chi connectivity index (χ0n) is 19.2. The molecule has 2 aromatic carbocycles. The highest BCUT2D eigenvalue weighted by molar-refractivity contribution is 6.45. The van der Waals surface area contributed by atoms with Crippen molar-refractivity contribution in [1.29, 1.82) is 0 Å². The number of hydrogen-bond donors (Lipinski definition) is 1. The largest absolute Gasteiger partial charge is 0.493 e. The fraction of sp³-hybridized carbons (Fsp3) is 0.360. The molecule has 0 unspecified atom stereocenters. The molecule has 174 valence electrons. The van der Waals surface area contributed by atoms with Crippen molar-refractivity contribution in [3.05, 3.63) is 59.3 Å². The zero-order valence-corrected chi connectivity index (χ0v) is 19.2. The van der Waals surface area contributed by atoms with Crippen LogP contribution in [0.25, 0.3) is 5.57 Å². The maximum absolute atomic E-state index is 13.7. The third-order valence-corrected chi connectivity index (χ3v) is 6.13. The Morgan fingerprint density at radius 3 is 2.15 bits per heavy atom. The van der Waals surface area contributed by atoms with Crippen molar-refractivity contribution in [2.24, 2.45) is 0 Å². The molecule has 2 amide bonds. The van der Waals surface area contributed by atoms with Crippen molar-refractivity contribution in [3.63, 3.8) is 0 Å². The molecule has 2 heterocycles. The maximum Gasteiger partial charge on any atom is 0.282 e. The molecule has 2 aromatic rings. The Bertz CT molecular complexity index is 1070. The molecule has 8 nitrogen and oxygen atoms in total. The van der Waals surface area contributed by atoms with Gasteiger partial charge >= 0.3 is 0 Å². The van der Waals surface area contributed by atoms with E-state index >= 15 is 0 Å². The van der Waals surface area contributed by atoms with Crippen LogP contribution < -0.4 is 14.4 Å². The molecule has 0 spiro atoms. The molecule has 0 atom stereocenters. The molecule has 4 rings (SSSR count). The summed E-state index contributed by atoms with van der Waals surface area (Å²) >= 11 is 0. The Labute approximate surface area is 193 Å². The molecule has 1 fully saturated rings. The van der Waals surface area contributed by atoms with Crippen LogP contribution in [-0.4, -0.2) is 80.3 Å². The average Bonchev–Trinajstić information content (AvgIpc) is 3.10. The van der Waals surface area contributed by atoms with Crippen LogP contribution in [0.2, 0.25) is 0 Å². The number of β-amino-alcohol motifs (C(OH)–C–C–N with tert-alkyl or cyclic N) is 1. The van der Waals surface area contributed by atoms with E-state index in [9.17, 15) is 14.7 Å². The zero-order chi connectivity index (χ0) is 23.5. The van der Waals surface area contributed by atoms with Crippen LogP contribution in [0.4, 0.5) is 5.69 Å². The summed E-state index contributed by atoms with van der Waals surface area (Å²) in [5.41, 5.74) is 2.95. The number of piperazine rings is 1. The lowest BCUT2D eigenvalue weighted by Gasteiger charge is -2.36. The van der Waals surface area contributed by atoms with Crippen LogP contribution in [0.1, 0.15) is 11.1 Å². The summed E-state index contributed by atoms with van der Waals surface area (Å²) in [5.74, 6) is 0.352. The highest BCUT2D eigenvalue weighted by atomic mass is 16.5. The van der Waals surface area contributed by atoms with Crippen LogP contribution in [-0.2, 0) is 9.59 Å². The minimum absolute atomic E-state index is 0.0954. The number of amides is 2. The van der Waals surface area contributed by atoms with Crippen LogP contribution in [0.15, 0.2) is 48.2 Å². The number of anilines is 1. The predicted molar refractivity (Wildman–Crippen MR) is 125 cm³/mol. The van der Waals surface area contributed by atoms with Gasteiger partial charge in [-0.15, -0.1) is 0 Å². The number of methoxy groups -OCH3 is 2. The Balaban J connectivity index is 1.77. The number of benzene rings is 2. The minimum Gasteiger partial charge on any atom is -0.493 e. The third-order valence-electron chi connectivity index (χ3n) is 6.13.